The molecule has 0 amide bonds. The molecule has 0 aliphatic carbocycles. The van der Waals surface area contributed by atoms with Gasteiger partial charge >= 0.3 is 12.1 Å². The van der Waals surface area contributed by atoms with Gasteiger partial charge in [-0.2, -0.15) is 18.3 Å². The standard InChI is InChI=1S/C17H16F3N3O3/c1-3-26-16(24)13-12(9-6-4-5-7-11(9)25-2)10-8-21-23-15(10)22-14(13)17(18,19)20/h4-8,12-13H,3H2,1-2H3,(H,21,23). The van der Waals surface area contributed by atoms with Gasteiger partial charge in [0.2, 0.25) is 0 Å². The van der Waals surface area contributed by atoms with E-state index >= 15 is 0 Å². The predicted octanol–water partition coefficient (Wildman–Crippen LogP) is 3.38. The van der Waals surface area contributed by atoms with Gasteiger partial charge in [0.15, 0.2) is 5.82 Å². The van der Waals surface area contributed by atoms with E-state index in [1.165, 1.54) is 20.2 Å². The SMILES string of the molecule is CCOC(=O)C1C(C(F)(F)F)=Nc2[nH]ncc2C1c1ccccc1OC. The van der Waals surface area contributed by atoms with Gasteiger partial charge in [0, 0.05) is 17.0 Å². The summed E-state index contributed by atoms with van der Waals surface area (Å²) in [7, 11) is 1.41. The van der Waals surface area contributed by atoms with Crippen LogP contribution in [-0.2, 0) is 9.53 Å². The van der Waals surface area contributed by atoms with E-state index in [0.29, 0.717) is 16.9 Å². The molecule has 1 aromatic carbocycles. The van der Waals surface area contributed by atoms with E-state index in [1.54, 1.807) is 24.3 Å². The molecule has 0 saturated carbocycles. The van der Waals surface area contributed by atoms with Crippen molar-refractivity contribution in [1.82, 2.24) is 10.2 Å². The average molecular weight is 367 g/mol. The van der Waals surface area contributed by atoms with Crippen molar-refractivity contribution in [1.29, 1.82) is 0 Å². The fourth-order valence-electron chi connectivity index (χ4n) is 3.12. The number of H-pyrrole nitrogens is 1. The van der Waals surface area contributed by atoms with Crippen LogP contribution in [0.3, 0.4) is 0 Å². The molecule has 2 heterocycles. The van der Waals surface area contributed by atoms with Gasteiger partial charge in [-0.25, -0.2) is 4.99 Å². The summed E-state index contributed by atoms with van der Waals surface area (Å²) in [5.41, 5.74) is -0.420. The van der Waals surface area contributed by atoms with Crippen LogP contribution in [0, 0.1) is 5.92 Å². The van der Waals surface area contributed by atoms with Crippen molar-refractivity contribution >= 4 is 17.5 Å². The van der Waals surface area contributed by atoms with E-state index in [9.17, 15) is 18.0 Å². The molecule has 2 atom stereocenters. The third-order valence-electron chi connectivity index (χ3n) is 4.15. The zero-order chi connectivity index (χ0) is 18.9. The quantitative estimate of drug-likeness (QED) is 0.841. The zero-order valence-corrected chi connectivity index (χ0v) is 14.0. The lowest BCUT2D eigenvalue weighted by molar-refractivity contribution is -0.147. The van der Waals surface area contributed by atoms with Crippen LogP contribution >= 0.6 is 0 Å². The number of hydrogen-bond donors (Lipinski definition) is 1. The maximum absolute atomic E-state index is 13.7. The third kappa shape index (κ3) is 3.04. The van der Waals surface area contributed by atoms with Gasteiger partial charge in [-0.3, -0.25) is 9.89 Å². The summed E-state index contributed by atoms with van der Waals surface area (Å²) >= 11 is 0. The van der Waals surface area contributed by atoms with Crippen LogP contribution in [0.5, 0.6) is 5.75 Å². The van der Waals surface area contributed by atoms with Crippen LogP contribution in [0.15, 0.2) is 35.5 Å². The minimum absolute atomic E-state index is 0.0335. The molecule has 2 unspecified atom stereocenters. The maximum Gasteiger partial charge on any atom is 0.430 e. The zero-order valence-electron chi connectivity index (χ0n) is 14.0. The monoisotopic (exact) mass is 367 g/mol. The molecule has 0 radical (unpaired) electrons. The van der Waals surface area contributed by atoms with Gasteiger partial charge in [0.1, 0.15) is 17.4 Å². The molecule has 6 nitrogen and oxygen atoms in total. The van der Waals surface area contributed by atoms with Gasteiger partial charge in [-0.15, -0.1) is 0 Å². The summed E-state index contributed by atoms with van der Waals surface area (Å²) in [6.45, 7) is 1.49. The molecule has 0 fully saturated rings. The van der Waals surface area contributed by atoms with Crippen LogP contribution in [0.1, 0.15) is 24.0 Å². The Morgan fingerprint density at radius 2 is 2.00 bits per heavy atom. The van der Waals surface area contributed by atoms with E-state index in [-0.39, 0.29) is 12.4 Å². The Bertz CT molecular complexity index is 845. The normalized spacial score (nSPS) is 19.5. The fraction of sp³-hybridized carbons (Fsp3) is 0.353. The van der Waals surface area contributed by atoms with E-state index in [0.717, 1.165) is 0 Å². The van der Waals surface area contributed by atoms with Crippen LogP contribution in [0.4, 0.5) is 19.0 Å². The van der Waals surface area contributed by atoms with Gasteiger partial charge < -0.3 is 9.47 Å². The molecule has 26 heavy (non-hydrogen) atoms. The number of rotatable bonds is 4. The molecule has 1 aromatic heterocycles. The lowest BCUT2D eigenvalue weighted by Crippen LogP contribution is -2.42. The number of nitrogens with zero attached hydrogens (tertiary/aromatic N) is 2. The summed E-state index contributed by atoms with van der Waals surface area (Å²) in [6, 6.07) is 6.60. The number of benzene rings is 1. The van der Waals surface area contributed by atoms with Crippen molar-refractivity contribution < 1.29 is 27.4 Å². The van der Waals surface area contributed by atoms with Gasteiger partial charge in [-0.05, 0) is 13.0 Å². The Balaban J connectivity index is 2.25. The van der Waals surface area contributed by atoms with Crippen molar-refractivity contribution in [3.63, 3.8) is 0 Å². The number of carbonyl (C=O) groups is 1. The molecule has 138 valence electrons. The number of carbonyl (C=O) groups excluding carboxylic acids is 1. The lowest BCUT2D eigenvalue weighted by atomic mass is 9.76. The molecule has 3 rings (SSSR count). The van der Waals surface area contributed by atoms with E-state index in [2.05, 4.69) is 15.2 Å². The predicted molar refractivity (Wildman–Crippen MR) is 86.7 cm³/mol. The number of methoxy groups -OCH3 is 1. The summed E-state index contributed by atoms with van der Waals surface area (Å²) in [5, 5.41) is 6.26. The summed E-state index contributed by atoms with van der Waals surface area (Å²) in [6.07, 6.45) is -3.43. The van der Waals surface area contributed by atoms with Crippen LogP contribution in [-0.4, -0.2) is 41.8 Å². The van der Waals surface area contributed by atoms with E-state index in [4.69, 9.17) is 9.47 Å². The first-order valence-electron chi connectivity index (χ1n) is 7.87. The molecule has 0 spiro atoms. The van der Waals surface area contributed by atoms with Crippen molar-refractivity contribution in [2.24, 2.45) is 10.9 Å². The second-order valence-electron chi connectivity index (χ2n) is 5.62. The van der Waals surface area contributed by atoms with Crippen LogP contribution in [0.25, 0.3) is 0 Å². The van der Waals surface area contributed by atoms with Crippen molar-refractivity contribution in [3.8, 4) is 5.75 Å². The van der Waals surface area contributed by atoms with Crippen LogP contribution in [0.2, 0.25) is 0 Å². The summed E-state index contributed by atoms with van der Waals surface area (Å²) < 4.78 is 51.2. The topological polar surface area (TPSA) is 76.6 Å². The molecule has 1 aliphatic heterocycles. The second kappa shape index (κ2) is 6.81. The molecule has 1 aliphatic rings. The first kappa shape index (κ1) is 18.0. The molecule has 0 bridgehead atoms. The largest absolute Gasteiger partial charge is 0.496 e. The summed E-state index contributed by atoms with van der Waals surface area (Å²) in [4.78, 5) is 16.1. The Labute approximate surface area is 147 Å². The minimum atomic E-state index is -4.81. The molecular formula is C17H16F3N3O3. The third-order valence-corrected chi connectivity index (χ3v) is 4.15. The number of aromatic nitrogens is 2. The average Bonchev–Trinajstić information content (AvgIpc) is 3.08. The highest BCUT2D eigenvalue weighted by Crippen LogP contribution is 2.47. The number of aromatic amines is 1. The molecule has 9 heteroatoms. The van der Waals surface area contributed by atoms with Crippen LogP contribution < -0.4 is 4.74 Å². The van der Waals surface area contributed by atoms with Crippen molar-refractivity contribution in [3.05, 3.63) is 41.6 Å². The van der Waals surface area contributed by atoms with Gasteiger partial charge in [0.05, 0.1) is 19.9 Å². The molecule has 1 N–H and O–H groups in total. The Kier molecular flexibility index (Phi) is 4.71. The number of para-hydroxylation sites is 1. The molecule has 2 aromatic rings. The first-order chi connectivity index (χ1) is 12.4. The number of esters is 1. The van der Waals surface area contributed by atoms with Crippen molar-refractivity contribution in [2.45, 2.75) is 19.0 Å². The number of fused-ring (bicyclic) bond motifs is 1. The number of alkyl halides is 3. The second-order valence-corrected chi connectivity index (χ2v) is 5.62. The molecule has 0 saturated heterocycles. The number of hydrogen-bond acceptors (Lipinski definition) is 5. The summed E-state index contributed by atoms with van der Waals surface area (Å²) in [5.74, 6) is -3.31. The first-order valence-corrected chi connectivity index (χ1v) is 7.87. The number of aliphatic imine (C=N–C) groups is 1. The number of nitrogens with one attached hydrogen (secondary N) is 1. The van der Waals surface area contributed by atoms with Crippen molar-refractivity contribution in [2.75, 3.05) is 13.7 Å². The fourth-order valence-corrected chi connectivity index (χ4v) is 3.12. The van der Waals surface area contributed by atoms with Gasteiger partial charge in [-0.1, -0.05) is 18.2 Å². The smallest absolute Gasteiger partial charge is 0.430 e. The van der Waals surface area contributed by atoms with Gasteiger partial charge in [0.25, 0.3) is 0 Å². The lowest BCUT2D eigenvalue weighted by Gasteiger charge is -2.31. The van der Waals surface area contributed by atoms with E-state index in [1.807, 2.05) is 0 Å². The highest BCUT2D eigenvalue weighted by Gasteiger charge is 2.52. The Hall–Kier alpha value is -2.84. The highest BCUT2D eigenvalue weighted by molar-refractivity contribution is 6.08. The molecular weight excluding hydrogens is 351 g/mol. The number of ether oxygens (including phenoxy) is 2. The Morgan fingerprint density at radius 3 is 2.65 bits per heavy atom. The highest BCUT2D eigenvalue weighted by atomic mass is 19.4. The minimum Gasteiger partial charge on any atom is -0.496 e. The number of halogens is 3. The maximum atomic E-state index is 13.7. The van der Waals surface area contributed by atoms with E-state index < -0.39 is 29.7 Å². The Morgan fingerprint density at radius 1 is 1.27 bits per heavy atom.